The Morgan fingerprint density at radius 3 is 3.00 bits per heavy atom. The summed E-state index contributed by atoms with van der Waals surface area (Å²) < 4.78 is 6.27. The van der Waals surface area contributed by atoms with Gasteiger partial charge in [-0.1, -0.05) is 6.07 Å². The summed E-state index contributed by atoms with van der Waals surface area (Å²) in [4.78, 5) is 10.4. The number of benzene rings is 1. The van der Waals surface area contributed by atoms with Crippen LogP contribution in [0.3, 0.4) is 0 Å². The number of nitrogens with one attached hydrogen (secondary N) is 1. The highest BCUT2D eigenvalue weighted by molar-refractivity contribution is 9.10. The predicted octanol–water partition coefficient (Wildman–Crippen LogP) is 2.10. The lowest BCUT2D eigenvalue weighted by molar-refractivity contribution is -0.386. The molecule has 1 saturated heterocycles. The van der Waals surface area contributed by atoms with Gasteiger partial charge >= 0.3 is 5.69 Å². The molecule has 1 heterocycles. The fourth-order valence-electron chi connectivity index (χ4n) is 1.65. The molecule has 0 amide bonds. The second-order valence-corrected chi connectivity index (χ2v) is 4.43. The van der Waals surface area contributed by atoms with Gasteiger partial charge in [-0.25, -0.2) is 0 Å². The van der Waals surface area contributed by atoms with E-state index >= 15 is 0 Å². The van der Waals surface area contributed by atoms with E-state index in [1.807, 2.05) is 0 Å². The standard InChI is InChI=1S/C10H11BrN2O3/c11-8-2-1-3-9(13(14)15)10(8)16-7-4-5-12-6-7/h1-3,7,12H,4-6H2. The second kappa shape index (κ2) is 4.80. The molecule has 1 unspecified atom stereocenters. The molecular formula is C10H11BrN2O3. The monoisotopic (exact) mass is 286 g/mol. The summed E-state index contributed by atoms with van der Waals surface area (Å²) in [5.74, 6) is 0.321. The zero-order valence-corrected chi connectivity index (χ0v) is 10.1. The molecular weight excluding hydrogens is 276 g/mol. The fraction of sp³-hybridized carbons (Fsp3) is 0.400. The minimum absolute atomic E-state index is 0.00118. The van der Waals surface area contributed by atoms with E-state index in [1.54, 1.807) is 12.1 Å². The quantitative estimate of drug-likeness (QED) is 0.683. The first-order valence-corrected chi connectivity index (χ1v) is 5.78. The van der Waals surface area contributed by atoms with Crippen molar-refractivity contribution in [2.75, 3.05) is 13.1 Å². The summed E-state index contributed by atoms with van der Waals surface area (Å²) in [6.07, 6.45) is 0.885. The SMILES string of the molecule is O=[N+]([O-])c1cccc(Br)c1OC1CCNC1. The van der Waals surface area contributed by atoms with Gasteiger partial charge in [0, 0.05) is 12.6 Å². The van der Waals surface area contributed by atoms with E-state index in [1.165, 1.54) is 6.07 Å². The molecule has 0 saturated carbocycles. The molecule has 6 heteroatoms. The first-order valence-electron chi connectivity index (χ1n) is 4.99. The van der Waals surface area contributed by atoms with Gasteiger partial charge in [0.05, 0.1) is 9.40 Å². The van der Waals surface area contributed by atoms with Gasteiger partial charge in [-0.05, 0) is 35.0 Å². The van der Waals surface area contributed by atoms with Crippen LogP contribution >= 0.6 is 15.9 Å². The average Bonchev–Trinajstić information content (AvgIpc) is 2.73. The molecule has 16 heavy (non-hydrogen) atoms. The van der Waals surface area contributed by atoms with Crippen molar-refractivity contribution in [1.82, 2.24) is 5.32 Å². The number of nitrogens with zero attached hydrogens (tertiary/aromatic N) is 1. The molecule has 5 nitrogen and oxygen atoms in total. The number of hydrogen-bond acceptors (Lipinski definition) is 4. The summed E-state index contributed by atoms with van der Waals surface area (Å²) in [6.45, 7) is 1.63. The first kappa shape index (κ1) is 11.3. The third-order valence-corrected chi connectivity index (χ3v) is 3.07. The molecule has 1 N–H and O–H groups in total. The molecule has 0 radical (unpaired) electrons. The van der Waals surface area contributed by atoms with E-state index in [9.17, 15) is 10.1 Å². The Balaban J connectivity index is 2.26. The lowest BCUT2D eigenvalue weighted by Crippen LogP contribution is -2.20. The fourth-order valence-corrected chi connectivity index (χ4v) is 2.10. The van der Waals surface area contributed by atoms with Gasteiger partial charge in [0.2, 0.25) is 5.75 Å². The summed E-state index contributed by atoms with van der Waals surface area (Å²) in [5.41, 5.74) is 0.00118. The third kappa shape index (κ3) is 2.33. The summed E-state index contributed by atoms with van der Waals surface area (Å²) >= 11 is 3.27. The van der Waals surface area contributed by atoms with Crippen molar-refractivity contribution in [3.63, 3.8) is 0 Å². The Bertz CT molecular complexity index is 405. The number of nitro benzene ring substituents is 1. The Morgan fingerprint density at radius 2 is 2.38 bits per heavy atom. The van der Waals surface area contributed by atoms with Crippen molar-refractivity contribution in [3.8, 4) is 5.75 Å². The summed E-state index contributed by atoms with van der Waals surface area (Å²) in [6, 6.07) is 4.81. The molecule has 0 aromatic heterocycles. The lowest BCUT2D eigenvalue weighted by Gasteiger charge is -2.13. The number of ether oxygens (including phenoxy) is 1. The maximum atomic E-state index is 10.8. The highest BCUT2D eigenvalue weighted by Crippen LogP contribution is 2.35. The van der Waals surface area contributed by atoms with E-state index in [0.29, 0.717) is 10.2 Å². The molecule has 0 aliphatic carbocycles. The van der Waals surface area contributed by atoms with Crippen LogP contribution in [0, 0.1) is 10.1 Å². The van der Waals surface area contributed by atoms with Gasteiger partial charge in [0.25, 0.3) is 0 Å². The Labute approximate surface area is 101 Å². The van der Waals surface area contributed by atoms with E-state index in [4.69, 9.17) is 4.74 Å². The van der Waals surface area contributed by atoms with Crippen LogP contribution in [0.5, 0.6) is 5.75 Å². The van der Waals surface area contributed by atoms with Crippen LogP contribution in [0.2, 0.25) is 0 Å². The van der Waals surface area contributed by atoms with E-state index in [-0.39, 0.29) is 11.8 Å². The zero-order valence-electron chi connectivity index (χ0n) is 8.48. The van der Waals surface area contributed by atoms with E-state index in [0.717, 1.165) is 19.5 Å². The Hall–Kier alpha value is -1.14. The van der Waals surface area contributed by atoms with Crippen LogP contribution in [-0.4, -0.2) is 24.1 Å². The molecule has 1 aromatic carbocycles. The van der Waals surface area contributed by atoms with Gasteiger partial charge < -0.3 is 10.1 Å². The van der Waals surface area contributed by atoms with Crippen LogP contribution in [0.1, 0.15) is 6.42 Å². The molecule has 1 atom stereocenters. The van der Waals surface area contributed by atoms with Crippen molar-refractivity contribution < 1.29 is 9.66 Å². The Kier molecular flexibility index (Phi) is 3.40. The third-order valence-electron chi connectivity index (χ3n) is 2.44. The minimum Gasteiger partial charge on any atom is -0.481 e. The van der Waals surface area contributed by atoms with Crippen LogP contribution in [0.25, 0.3) is 0 Å². The first-order chi connectivity index (χ1) is 7.68. The highest BCUT2D eigenvalue weighted by Gasteiger charge is 2.23. The summed E-state index contributed by atoms with van der Waals surface area (Å²) in [7, 11) is 0. The minimum atomic E-state index is -0.428. The number of halogens is 1. The van der Waals surface area contributed by atoms with Crippen molar-refractivity contribution in [1.29, 1.82) is 0 Å². The zero-order chi connectivity index (χ0) is 11.5. The van der Waals surface area contributed by atoms with Gasteiger partial charge in [0.15, 0.2) is 0 Å². The number of hydrogen-bond donors (Lipinski definition) is 1. The van der Waals surface area contributed by atoms with Crippen molar-refractivity contribution in [2.45, 2.75) is 12.5 Å². The maximum absolute atomic E-state index is 10.8. The van der Waals surface area contributed by atoms with Crippen molar-refractivity contribution in [2.24, 2.45) is 0 Å². The van der Waals surface area contributed by atoms with Crippen molar-refractivity contribution in [3.05, 3.63) is 32.8 Å². The van der Waals surface area contributed by atoms with E-state index in [2.05, 4.69) is 21.2 Å². The molecule has 1 aliphatic rings. The molecule has 0 bridgehead atoms. The smallest absolute Gasteiger partial charge is 0.312 e. The van der Waals surface area contributed by atoms with E-state index < -0.39 is 4.92 Å². The predicted molar refractivity (Wildman–Crippen MR) is 62.7 cm³/mol. The molecule has 0 spiro atoms. The van der Waals surface area contributed by atoms with Crippen LogP contribution in [0.15, 0.2) is 22.7 Å². The molecule has 1 fully saturated rings. The van der Waals surface area contributed by atoms with Crippen LogP contribution in [0.4, 0.5) is 5.69 Å². The van der Waals surface area contributed by atoms with Gasteiger partial charge in [-0.2, -0.15) is 0 Å². The molecule has 1 aromatic rings. The normalized spacial score (nSPS) is 19.7. The Morgan fingerprint density at radius 1 is 1.56 bits per heavy atom. The summed E-state index contributed by atoms with van der Waals surface area (Å²) in [5, 5.41) is 14.0. The largest absolute Gasteiger partial charge is 0.481 e. The van der Waals surface area contributed by atoms with Gasteiger partial charge in [-0.15, -0.1) is 0 Å². The van der Waals surface area contributed by atoms with Gasteiger partial charge in [0.1, 0.15) is 6.10 Å². The second-order valence-electron chi connectivity index (χ2n) is 3.58. The van der Waals surface area contributed by atoms with Gasteiger partial charge in [-0.3, -0.25) is 10.1 Å². The molecule has 2 rings (SSSR count). The topological polar surface area (TPSA) is 64.4 Å². The number of nitro groups is 1. The number of rotatable bonds is 3. The lowest BCUT2D eigenvalue weighted by atomic mass is 10.2. The van der Waals surface area contributed by atoms with Crippen molar-refractivity contribution >= 4 is 21.6 Å². The maximum Gasteiger partial charge on any atom is 0.312 e. The highest BCUT2D eigenvalue weighted by atomic mass is 79.9. The molecule has 86 valence electrons. The van der Waals surface area contributed by atoms with Crippen LogP contribution in [-0.2, 0) is 0 Å². The van der Waals surface area contributed by atoms with Crippen LogP contribution < -0.4 is 10.1 Å². The number of para-hydroxylation sites is 1. The molecule has 1 aliphatic heterocycles. The average molecular weight is 287 g/mol.